The molecule has 2 aliphatic rings. The van der Waals surface area contributed by atoms with Gasteiger partial charge in [-0.3, -0.25) is 0 Å². The lowest BCUT2D eigenvalue weighted by Crippen LogP contribution is -2.43. The summed E-state index contributed by atoms with van der Waals surface area (Å²) in [6.45, 7) is 12.8. The van der Waals surface area contributed by atoms with Crippen molar-refractivity contribution < 1.29 is 19.0 Å². The van der Waals surface area contributed by atoms with Crippen molar-refractivity contribution in [3.05, 3.63) is 130 Å². The molecule has 3 nitrogen and oxygen atoms in total. The number of fused-ring (bicyclic) bond motifs is 3. The van der Waals surface area contributed by atoms with E-state index in [2.05, 4.69) is 71.9 Å². The Hall–Kier alpha value is -4.05. The summed E-state index contributed by atoms with van der Waals surface area (Å²) >= 11 is 0. The maximum atomic E-state index is 13.8. The van der Waals surface area contributed by atoms with E-state index in [1.807, 2.05) is 36.4 Å². The van der Waals surface area contributed by atoms with Crippen LogP contribution >= 0.6 is 0 Å². The summed E-state index contributed by atoms with van der Waals surface area (Å²) in [5, 5.41) is 11.4. The van der Waals surface area contributed by atoms with Crippen LogP contribution < -0.4 is 4.74 Å². The molecule has 2 atom stereocenters. The van der Waals surface area contributed by atoms with Crippen LogP contribution in [0, 0.1) is 5.82 Å². The Morgan fingerprint density at radius 1 is 0.780 bits per heavy atom. The molecule has 0 aliphatic carbocycles. The summed E-state index contributed by atoms with van der Waals surface area (Å²) < 4.78 is 27.5. The quantitative estimate of drug-likeness (QED) is 0.271. The highest BCUT2D eigenvalue weighted by Crippen LogP contribution is 2.54. The Balaban J connectivity index is 1.56. The molecule has 4 aromatic rings. The predicted octanol–water partition coefficient (Wildman–Crippen LogP) is 9.42. The van der Waals surface area contributed by atoms with E-state index in [4.69, 9.17) is 9.47 Å². The average molecular weight is 549 g/mol. The van der Waals surface area contributed by atoms with Crippen LogP contribution in [0.5, 0.6) is 11.5 Å². The molecule has 1 N–H and O–H groups in total. The zero-order valence-electron chi connectivity index (χ0n) is 24.6. The van der Waals surface area contributed by atoms with Crippen molar-refractivity contribution in [2.24, 2.45) is 0 Å². The summed E-state index contributed by atoms with van der Waals surface area (Å²) in [4.78, 5) is 0. The second-order valence-corrected chi connectivity index (χ2v) is 13.3. The monoisotopic (exact) mass is 548 g/mol. The minimum atomic E-state index is -1.10. The summed E-state index contributed by atoms with van der Waals surface area (Å²) in [5.41, 5.74) is 6.29. The first-order valence-electron chi connectivity index (χ1n) is 14.3. The van der Waals surface area contributed by atoms with Gasteiger partial charge in [-0.25, -0.2) is 4.39 Å². The molecule has 0 aromatic heterocycles. The summed E-state index contributed by atoms with van der Waals surface area (Å²) in [6, 6.07) is 27.0. The lowest BCUT2D eigenvalue weighted by Gasteiger charge is -2.45. The summed E-state index contributed by atoms with van der Waals surface area (Å²) in [7, 11) is 0. The minimum absolute atomic E-state index is 0.0663. The Kier molecular flexibility index (Phi) is 6.29. The smallest absolute Gasteiger partial charge is 0.279 e. The average Bonchev–Trinajstić information content (AvgIpc) is 2.92. The summed E-state index contributed by atoms with van der Waals surface area (Å²) in [6.07, 6.45) is 2.53. The van der Waals surface area contributed by atoms with E-state index in [1.54, 1.807) is 12.1 Å². The van der Waals surface area contributed by atoms with Gasteiger partial charge in [0, 0.05) is 29.0 Å². The van der Waals surface area contributed by atoms with E-state index in [0.717, 1.165) is 44.7 Å². The molecule has 0 saturated carbocycles. The van der Waals surface area contributed by atoms with Gasteiger partial charge in [0.05, 0.1) is 0 Å². The van der Waals surface area contributed by atoms with Crippen LogP contribution in [0.2, 0.25) is 0 Å². The molecule has 0 radical (unpaired) electrons. The topological polar surface area (TPSA) is 38.7 Å². The Morgan fingerprint density at radius 2 is 1.39 bits per heavy atom. The fourth-order valence-electron chi connectivity index (χ4n) is 6.12. The van der Waals surface area contributed by atoms with E-state index in [1.165, 1.54) is 12.1 Å². The van der Waals surface area contributed by atoms with Crippen LogP contribution in [0.15, 0.2) is 84.9 Å². The normalized spacial score (nSPS) is 20.0. The molecule has 0 unspecified atom stereocenters. The van der Waals surface area contributed by atoms with Crippen LogP contribution in [-0.4, -0.2) is 5.11 Å². The number of hydrogen-bond donors (Lipinski definition) is 1. The van der Waals surface area contributed by atoms with E-state index in [9.17, 15) is 9.50 Å². The molecule has 0 amide bonds. The predicted molar refractivity (Wildman–Crippen MR) is 163 cm³/mol. The molecule has 41 heavy (non-hydrogen) atoms. The molecule has 4 aromatic carbocycles. The molecular weight excluding hydrogens is 511 g/mol. The lowest BCUT2D eigenvalue weighted by molar-refractivity contribution is -0.159. The first-order chi connectivity index (χ1) is 19.4. The fraction of sp³-hybridized carbons (Fsp3) is 0.297. The number of aromatic hydroxyl groups is 1. The highest BCUT2D eigenvalue weighted by molar-refractivity contribution is 5.81. The van der Waals surface area contributed by atoms with Crippen LogP contribution in [0.4, 0.5) is 4.39 Å². The van der Waals surface area contributed by atoms with Gasteiger partial charge < -0.3 is 14.6 Å². The van der Waals surface area contributed by atoms with Gasteiger partial charge in [-0.2, -0.15) is 0 Å². The highest BCUT2D eigenvalue weighted by Gasteiger charge is 2.48. The number of halogens is 1. The molecule has 1 spiro atoms. The third kappa shape index (κ3) is 4.80. The standard InChI is InChI=1S/C37H37FO3/c1-35(2,3)30-19-25(20-31(34(30)39)36(4,5)6)28-22-37(40-32-14-10-8-12-27(28)32)29-13-9-7-11-24(29)21-33(41-37)23-15-17-26(38)18-16-23/h7-21,28,39H,22H2,1-6H3/t28-,37-/m1/s1. The van der Waals surface area contributed by atoms with Gasteiger partial charge in [0.15, 0.2) is 0 Å². The van der Waals surface area contributed by atoms with Gasteiger partial charge >= 0.3 is 0 Å². The van der Waals surface area contributed by atoms with E-state index in [-0.39, 0.29) is 22.6 Å². The van der Waals surface area contributed by atoms with Gasteiger partial charge in [-0.1, -0.05) is 96.1 Å². The van der Waals surface area contributed by atoms with Crippen LogP contribution in [0.3, 0.4) is 0 Å². The van der Waals surface area contributed by atoms with Crippen LogP contribution in [0.25, 0.3) is 11.8 Å². The molecular formula is C37H37FO3. The number of para-hydroxylation sites is 1. The molecule has 0 bridgehead atoms. The number of ether oxygens (including phenoxy) is 2. The van der Waals surface area contributed by atoms with Crippen molar-refractivity contribution in [3.63, 3.8) is 0 Å². The first kappa shape index (κ1) is 27.1. The SMILES string of the molecule is CC(C)(C)c1cc([C@H]2C[C@]3(OC(c4ccc(F)cc4)=Cc4ccccc43)Oc3ccccc32)cc(C(C)(C)C)c1O. The molecule has 6 rings (SSSR count). The molecule has 210 valence electrons. The van der Waals surface area contributed by atoms with Crippen molar-refractivity contribution >= 4 is 11.8 Å². The first-order valence-corrected chi connectivity index (χ1v) is 14.3. The summed E-state index contributed by atoms with van der Waals surface area (Å²) in [5.74, 6) is 0.308. The van der Waals surface area contributed by atoms with E-state index in [0.29, 0.717) is 17.9 Å². The Bertz CT molecular complexity index is 1620. The highest BCUT2D eigenvalue weighted by atomic mass is 19.1. The third-order valence-electron chi connectivity index (χ3n) is 8.25. The van der Waals surface area contributed by atoms with Crippen molar-refractivity contribution in [2.75, 3.05) is 0 Å². The van der Waals surface area contributed by atoms with Crippen molar-refractivity contribution in [3.8, 4) is 11.5 Å². The molecule has 0 fully saturated rings. The maximum absolute atomic E-state index is 13.8. The van der Waals surface area contributed by atoms with Gasteiger partial charge in [-0.05, 0) is 69.5 Å². The van der Waals surface area contributed by atoms with Crippen LogP contribution in [-0.2, 0) is 21.4 Å². The van der Waals surface area contributed by atoms with Gasteiger partial charge in [0.25, 0.3) is 5.79 Å². The van der Waals surface area contributed by atoms with Crippen molar-refractivity contribution in [1.82, 2.24) is 0 Å². The van der Waals surface area contributed by atoms with E-state index >= 15 is 0 Å². The Labute approximate surface area is 242 Å². The van der Waals surface area contributed by atoms with Gasteiger partial charge in [-0.15, -0.1) is 0 Å². The number of phenols is 1. The van der Waals surface area contributed by atoms with Crippen molar-refractivity contribution in [1.29, 1.82) is 0 Å². The lowest BCUT2D eigenvalue weighted by atomic mass is 9.73. The number of benzene rings is 4. The molecule has 2 heterocycles. The Morgan fingerprint density at radius 3 is 2.05 bits per heavy atom. The largest absolute Gasteiger partial charge is 0.507 e. The molecule has 4 heteroatoms. The maximum Gasteiger partial charge on any atom is 0.279 e. The van der Waals surface area contributed by atoms with Gasteiger partial charge in [0.2, 0.25) is 0 Å². The second kappa shape index (κ2) is 9.51. The number of phenolic OH excluding ortho intramolecular Hbond substituents is 1. The second-order valence-electron chi connectivity index (χ2n) is 13.3. The fourth-order valence-corrected chi connectivity index (χ4v) is 6.12. The third-order valence-corrected chi connectivity index (χ3v) is 8.25. The van der Waals surface area contributed by atoms with Crippen molar-refractivity contribution in [2.45, 2.75) is 70.5 Å². The van der Waals surface area contributed by atoms with E-state index < -0.39 is 5.79 Å². The zero-order chi connectivity index (χ0) is 29.2. The molecule has 2 aliphatic heterocycles. The van der Waals surface area contributed by atoms with Gasteiger partial charge in [0.1, 0.15) is 23.1 Å². The van der Waals surface area contributed by atoms with Crippen LogP contribution in [0.1, 0.15) is 92.8 Å². The molecule has 0 saturated heterocycles. The number of hydrogen-bond acceptors (Lipinski definition) is 3. The zero-order valence-corrected chi connectivity index (χ0v) is 24.6. The number of rotatable bonds is 2. The minimum Gasteiger partial charge on any atom is -0.507 e.